The largest absolute Gasteiger partial charge is 0.383 e. The molecule has 0 aliphatic carbocycles. The van der Waals surface area contributed by atoms with Crippen LogP contribution in [0.25, 0.3) is 11.4 Å². The van der Waals surface area contributed by atoms with Gasteiger partial charge in [-0.25, -0.2) is 4.79 Å². The molecule has 1 aliphatic heterocycles. The monoisotopic (exact) mass is 302 g/mol. The van der Waals surface area contributed by atoms with Crippen molar-refractivity contribution in [2.75, 3.05) is 33.4 Å². The number of carbonyl (C=O) groups is 1. The highest BCUT2D eigenvalue weighted by molar-refractivity contribution is 5.75. The summed E-state index contributed by atoms with van der Waals surface area (Å²) in [4.78, 5) is 17.9. The van der Waals surface area contributed by atoms with Crippen LogP contribution < -0.4 is 5.32 Å². The van der Waals surface area contributed by atoms with Gasteiger partial charge in [0.25, 0.3) is 0 Å². The van der Waals surface area contributed by atoms with Crippen LogP contribution in [0.3, 0.4) is 0 Å². The van der Waals surface area contributed by atoms with Gasteiger partial charge in [-0.2, -0.15) is 4.98 Å². The molecule has 2 amide bonds. The third-order valence-electron chi connectivity index (χ3n) is 3.57. The SMILES string of the molecule is COCCNC(=O)N1CC(c2nc(-c3ccccc3)no2)C1. The smallest absolute Gasteiger partial charge is 0.317 e. The number of hydrogen-bond donors (Lipinski definition) is 1. The lowest BCUT2D eigenvalue weighted by Gasteiger charge is -2.36. The predicted molar refractivity (Wildman–Crippen MR) is 79.3 cm³/mol. The minimum absolute atomic E-state index is 0.0869. The van der Waals surface area contributed by atoms with Crippen LogP contribution in [0.5, 0.6) is 0 Å². The number of carbonyl (C=O) groups excluding carboxylic acids is 1. The Balaban J connectivity index is 1.53. The fourth-order valence-corrected chi connectivity index (χ4v) is 2.28. The molecule has 1 saturated heterocycles. The van der Waals surface area contributed by atoms with Crippen molar-refractivity contribution in [3.8, 4) is 11.4 Å². The summed E-state index contributed by atoms with van der Waals surface area (Å²) in [5, 5.41) is 6.78. The van der Waals surface area contributed by atoms with Gasteiger partial charge in [-0.15, -0.1) is 0 Å². The quantitative estimate of drug-likeness (QED) is 0.846. The maximum atomic E-state index is 11.8. The molecule has 2 heterocycles. The summed E-state index contributed by atoms with van der Waals surface area (Å²) in [6.45, 7) is 2.20. The van der Waals surface area contributed by atoms with Gasteiger partial charge in [0.15, 0.2) is 0 Å². The lowest BCUT2D eigenvalue weighted by molar-refractivity contribution is 0.132. The van der Waals surface area contributed by atoms with E-state index < -0.39 is 0 Å². The summed E-state index contributed by atoms with van der Waals surface area (Å²) in [5.41, 5.74) is 0.922. The van der Waals surface area contributed by atoms with Crippen LogP contribution in [0.1, 0.15) is 11.8 Å². The highest BCUT2D eigenvalue weighted by Crippen LogP contribution is 2.27. The molecule has 7 heteroatoms. The molecule has 2 aromatic rings. The first-order chi connectivity index (χ1) is 10.8. The first-order valence-corrected chi connectivity index (χ1v) is 7.18. The van der Waals surface area contributed by atoms with Gasteiger partial charge >= 0.3 is 6.03 Å². The van der Waals surface area contributed by atoms with Crippen LogP contribution in [0.15, 0.2) is 34.9 Å². The molecule has 0 radical (unpaired) electrons. The average molecular weight is 302 g/mol. The molecule has 22 heavy (non-hydrogen) atoms. The van der Waals surface area contributed by atoms with E-state index in [0.717, 1.165) is 5.56 Å². The van der Waals surface area contributed by atoms with Gasteiger partial charge in [0, 0.05) is 32.3 Å². The van der Waals surface area contributed by atoms with Gasteiger partial charge in [-0.1, -0.05) is 35.5 Å². The summed E-state index contributed by atoms with van der Waals surface area (Å²) in [6, 6.07) is 9.59. The van der Waals surface area contributed by atoms with Crippen molar-refractivity contribution >= 4 is 6.03 Å². The topological polar surface area (TPSA) is 80.5 Å². The summed E-state index contributed by atoms with van der Waals surface area (Å²) in [5.74, 6) is 1.27. The summed E-state index contributed by atoms with van der Waals surface area (Å²) < 4.78 is 10.2. The van der Waals surface area contributed by atoms with Crippen molar-refractivity contribution < 1.29 is 14.1 Å². The molecular weight excluding hydrogens is 284 g/mol. The molecule has 116 valence electrons. The zero-order valence-electron chi connectivity index (χ0n) is 12.4. The van der Waals surface area contributed by atoms with E-state index in [1.165, 1.54) is 0 Å². The fraction of sp³-hybridized carbons (Fsp3) is 0.400. The lowest BCUT2D eigenvalue weighted by Crippen LogP contribution is -2.53. The molecule has 7 nitrogen and oxygen atoms in total. The molecule has 1 aromatic carbocycles. The van der Waals surface area contributed by atoms with E-state index in [1.807, 2.05) is 30.3 Å². The molecule has 0 unspecified atom stereocenters. The van der Waals surface area contributed by atoms with Gasteiger partial charge in [0.05, 0.1) is 12.5 Å². The maximum absolute atomic E-state index is 11.8. The Kier molecular flexibility index (Phi) is 4.34. The van der Waals surface area contributed by atoms with E-state index in [4.69, 9.17) is 9.26 Å². The zero-order valence-corrected chi connectivity index (χ0v) is 12.4. The first-order valence-electron chi connectivity index (χ1n) is 7.18. The van der Waals surface area contributed by atoms with E-state index in [0.29, 0.717) is 38.0 Å². The highest BCUT2D eigenvalue weighted by Gasteiger charge is 2.35. The molecule has 1 aliphatic rings. The number of nitrogens with one attached hydrogen (secondary N) is 1. The molecule has 1 N–H and O–H groups in total. The number of nitrogens with zero attached hydrogens (tertiary/aromatic N) is 3. The number of ether oxygens (including phenoxy) is 1. The second-order valence-corrected chi connectivity index (χ2v) is 5.15. The minimum Gasteiger partial charge on any atom is -0.383 e. The van der Waals surface area contributed by atoms with Gasteiger partial charge in [0.1, 0.15) is 0 Å². The normalized spacial score (nSPS) is 14.7. The van der Waals surface area contributed by atoms with Gasteiger partial charge in [0.2, 0.25) is 11.7 Å². The van der Waals surface area contributed by atoms with E-state index >= 15 is 0 Å². The predicted octanol–water partition coefficient (Wildman–Crippen LogP) is 1.49. The second kappa shape index (κ2) is 6.57. The number of rotatable bonds is 5. The first kappa shape index (κ1) is 14.5. The molecule has 0 atom stereocenters. The van der Waals surface area contributed by atoms with Gasteiger partial charge in [-0.3, -0.25) is 0 Å². The van der Waals surface area contributed by atoms with Crippen molar-refractivity contribution in [2.24, 2.45) is 0 Å². The van der Waals surface area contributed by atoms with E-state index in [1.54, 1.807) is 12.0 Å². The summed E-state index contributed by atoms with van der Waals surface area (Å²) >= 11 is 0. The number of amides is 2. The molecule has 1 fully saturated rings. The Morgan fingerprint density at radius 2 is 2.18 bits per heavy atom. The van der Waals surface area contributed by atoms with E-state index in [9.17, 15) is 4.79 Å². The van der Waals surface area contributed by atoms with Crippen LogP contribution in [0.4, 0.5) is 4.79 Å². The standard InChI is InChI=1S/C15H18N4O3/c1-21-8-7-16-15(20)19-9-12(10-19)14-17-13(18-22-14)11-5-3-2-4-6-11/h2-6,12H,7-10H2,1H3,(H,16,20). The summed E-state index contributed by atoms with van der Waals surface area (Å²) in [6.07, 6.45) is 0. The molecule has 0 bridgehead atoms. The van der Waals surface area contributed by atoms with E-state index in [-0.39, 0.29) is 11.9 Å². The average Bonchev–Trinajstić information content (AvgIpc) is 2.96. The summed E-state index contributed by atoms with van der Waals surface area (Å²) in [7, 11) is 1.60. The molecular formula is C15H18N4O3. The number of hydrogen-bond acceptors (Lipinski definition) is 5. The van der Waals surface area contributed by atoms with Crippen molar-refractivity contribution in [1.82, 2.24) is 20.4 Å². The Morgan fingerprint density at radius 3 is 2.91 bits per heavy atom. The van der Waals surface area contributed by atoms with Crippen molar-refractivity contribution in [2.45, 2.75) is 5.92 Å². The number of aromatic nitrogens is 2. The third-order valence-corrected chi connectivity index (χ3v) is 3.57. The molecule has 1 aromatic heterocycles. The van der Waals surface area contributed by atoms with E-state index in [2.05, 4.69) is 15.5 Å². The Morgan fingerprint density at radius 1 is 1.41 bits per heavy atom. The zero-order chi connectivity index (χ0) is 15.4. The number of likely N-dealkylation sites (tertiary alicyclic amines) is 1. The lowest BCUT2D eigenvalue weighted by atomic mass is 10.0. The van der Waals surface area contributed by atoms with Crippen molar-refractivity contribution in [3.63, 3.8) is 0 Å². The van der Waals surface area contributed by atoms with Crippen molar-refractivity contribution in [1.29, 1.82) is 0 Å². The molecule has 0 saturated carbocycles. The Bertz CT molecular complexity index is 623. The second-order valence-electron chi connectivity index (χ2n) is 5.15. The number of urea groups is 1. The van der Waals surface area contributed by atoms with Crippen LogP contribution in [-0.2, 0) is 4.74 Å². The highest BCUT2D eigenvalue weighted by atomic mass is 16.5. The molecule has 3 rings (SSSR count). The van der Waals surface area contributed by atoms with Crippen LogP contribution in [0, 0.1) is 0 Å². The third kappa shape index (κ3) is 3.09. The number of methoxy groups -OCH3 is 1. The Hall–Kier alpha value is -2.41. The van der Waals surface area contributed by atoms with Crippen LogP contribution in [0.2, 0.25) is 0 Å². The van der Waals surface area contributed by atoms with Gasteiger partial charge < -0.3 is 19.5 Å². The van der Waals surface area contributed by atoms with Crippen molar-refractivity contribution in [3.05, 3.63) is 36.2 Å². The van der Waals surface area contributed by atoms with Gasteiger partial charge in [-0.05, 0) is 0 Å². The fourth-order valence-electron chi connectivity index (χ4n) is 2.28. The maximum Gasteiger partial charge on any atom is 0.317 e. The molecule has 0 spiro atoms. The number of benzene rings is 1. The minimum atomic E-state index is -0.0869. The Labute approximate surface area is 128 Å². The van der Waals surface area contributed by atoms with Crippen LogP contribution >= 0.6 is 0 Å². The van der Waals surface area contributed by atoms with Crippen LogP contribution in [-0.4, -0.2) is 54.4 Å².